The smallest absolute Gasteiger partial charge is 0.227 e. The molecule has 4 rings (SSSR count). The Morgan fingerprint density at radius 1 is 0.808 bits per heavy atom. The Kier molecular flexibility index (Phi) is 4.00. The molecular formula is C23H21NO2. The van der Waals surface area contributed by atoms with Gasteiger partial charge in [0.2, 0.25) is 5.89 Å². The number of aromatic nitrogens is 1. The van der Waals surface area contributed by atoms with Crippen LogP contribution in [-0.4, -0.2) is 12.1 Å². The molecule has 0 saturated carbocycles. The van der Waals surface area contributed by atoms with E-state index in [0.717, 1.165) is 44.7 Å². The number of benzene rings is 3. The van der Waals surface area contributed by atoms with Gasteiger partial charge in [-0.25, -0.2) is 4.98 Å². The molecule has 1 heterocycles. The zero-order valence-corrected chi connectivity index (χ0v) is 15.5. The van der Waals surface area contributed by atoms with Crippen molar-refractivity contribution in [2.24, 2.45) is 0 Å². The molecule has 3 nitrogen and oxygen atoms in total. The van der Waals surface area contributed by atoms with E-state index >= 15 is 0 Å². The lowest BCUT2D eigenvalue weighted by Crippen LogP contribution is -1.92. The number of nitrogens with zero attached hydrogens (tertiary/aromatic N) is 1. The average Bonchev–Trinajstić information content (AvgIpc) is 3.04. The molecule has 0 aliphatic rings. The minimum atomic E-state index is 0.656. The Morgan fingerprint density at radius 3 is 2.27 bits per heavy atom. The molecule has 0 unspecified atom stereocenters. The van der Waals surface area contributed by atoms with Crippen LogP contribution in [-0.2, 0) is 0 Å². The van der Waals surface area contributed by atoms with E-state index in [1.165, 1.54) is 5.56 Å². The molecule has 130 valence electrons. The number of hydrogen-bond acceptors (Lipinski definition) is 3. The monoisotopic (exact) mass is 343 g/mol. The van der Waals surface area contributed by atoms with Crippen LogP contribution in [0.1, 0.15) is 16.7 Å². The maximum Gasteiger partial charge on any atom is 0.227 e. The second kappa shape index (κ2) is 6.34. The molecular weight excluding hydrogens is 322 g/mol. The predicted octanol–water partition coefficient (Wildman–Crippen LogP) is 6.10. The molecule has 0 N–H and O–H groups in total. The van der Waals surface area contributed by atoms with Crippen molar-refractivity contribution in [3.8, 4) is 28.3 Å². The third-order valence-corrected chi connectivity index (χ3v) is 4.65. The van der Waals surface area contributed by atoms with Crippen molar-refractivity contribution in [1.29, 1.82) is 0 Å². The van der Waals surface area contributed by atoms with Gasteiger partial charge in [-0.3, -0.25) is 0 Å². The second-order valence-corrected chi connectivity index (χ2v) is 6.71. The molecule has 0 bridgehead atoms. The van der Waals surface area contributed by atoms with Crippen molar-refractivity contribution < 1.29 is 9.15 Å². The van der Waals surface area contributed by atoms with Crippen molar-refractivity contribution in [3.63, 3.8) is 0 Å². The molecule has 0 aliphatic heterocycles. The van der Waals surface area contributed by atoms with Crippen LogP contribution in [0, 0.1) is 20.8 Å². The van der Waals surface area contributed by atoms with Gasteiger partial charge in [-0.15, -0.1) is 0 Å². The standard InChI is InChI=1S/C23H21NO2/c1-14-6-5-7-18(10-14)23-24-20-9-8-17(13-21(20)26-23)19-11-15(2)22(25-4)16(3)12-19/h5-13H,1-4H3. The van der Waals surface area contributed by atoms with Crippen molar-refractivity contribution in [2.45, 2.75) is 20.8 Å². The maximum atomic E-state index is 6.04. The normalized spacial score (nSPS) is 11.1. The van der Waals surface area contributed by atoms with E-state index in [1.807, 2.05) is 18.2 Å². The Hall–Kier alpha value is -3.07. The highest BCUT2D eigenvalue weighted by Crippen LogP contribution is 2.32. The van der Waals surface area contributed by atoms with Crippen molar-refractivity contribution in [2.75, 3.05) is 7.11 Å². The van der Waals surface area contributed by atoms with Gasteiger partial charge in [0.05, 0.1) is 7.11 Å². The van der Waals surface area contributed by atoms with Gasteiger partial charge in [0.15, 0.2) is 5.58 Å². The molecule has 0 amide bonds. The van der Waals surface area contributed by atoms with Gasteiger partial charge in [-0.05, 0) is 79.4 Å². The largest absolute Gasteiger partial charge is 0.496 e. The van der Waals surface area contributed by atoms with Gasteiger partial charge >= 0.3 is 0 Å². The van der Waals surface area contributed by atoms with Gasteiger partial charge in [-0.2, -0.15) is 0 Å². The van der Waals surface area contributed by atoms with Crippen LogP contribution >= 0.6 is 0 Å². The third kappa shape index (κ3) is 2.86. The average molecular weight is 343 g/mol. The highest BCUT2D eigenvalue weighted by Gasteiger charge is 2.11. The lowest BCUT2D eigenvalue weighted by molar-refractivity contribution is 0.408. The highest BCUT2D eigenvalue weighted by atomic mass is 16.5. The fourth-order valence-corrected chi connectivity index (χ4v) is 3.44. The number of fused-ring (bicyclic) bond motifs is 1. The van der Waals surface area contributed by atoms with Crippen LogP contribution < -0.4 is 4.74 Å². The summed E-state index contributed by atoms with van der Waals surface area (Å²) < 4.78 is 11.5. The summed E-state index contributed by atoms with van der Waals surface area (Å²) >= 11 is 0. The fourth-order valence-electron chi connectivity index (χ4n) is 3.44. The summed E-state index contributed by atoms with van der Waals surface area (Å²) in [5.74, 6) is 1.60. The lowest BCUT2D eigenvalue weighted by atomic mass is 9.99. The van der Waals surface area contributed by atoms with Gasteiger partial charge in [-0.1, -0.05) is 23.8 Å². The number of oxazole rings is 1. The van der Waals surface area contributed by atoms with Crippen LogP contribution in [0.4, 0.5) is 0 Å². The molecule has 1 aromatic heterocycles. The number of ether oxygens (including phenoxy) is 1. The zero-order valence-electron chi connectivity index (χ0n) is 15.5. The van der Waals surface area contributed by atoms with E-state index in [1.54, 1.807) is 7.11 Å². The Labute approximate surface area is 153 Å². The van der Waals surface area contributed by atoms with Crippen LogP contribution in [0.25, 0.3) is 33.7 Å². The molecule has 3 aromatic carbocycles. The van der Waals surface area contributed by atoms with Crippen molar-refractivity contribution >= 4 is 11.1 Å². The maximum absolute atomic E-state index is 6.04. The zero-order chi connectivity index (χ0) is 18.3. The van der Waals surface area contributed by atoms with Gasteiger partial charge in [0, 0.05) is 5.56 Å². The molecule has 0 aliphatic carbocycles. The highest BCUT2D eigenvalue weighted by molar-refractivity contribution is 5.82. The summed E-state index contributed by atoms with van der Waals surface area (Å²) in [5.41, 5.74) is 8.36. The number of aryl methyl sites for hydroxylation is 3. The summed E-state index contributed by atoms with van der Waals surface area (Å²) in [5, 5.41) is 0. The van der Waals surface area contributed by atoms with E-state index in [2.05, 4.69) is 62.2 Å². The summed E-state index contributed by atoms with van der Waals surface area (Å²) in [6, 6.07) is 18.6. The summed E-state index contributed by atoms with van der Waals surface area (Å²) in [6.45, 7) is 6.20. The minimum absolute atomic E-state index is 0.656. The first-order valence-corrected chi connectivity index (χ1v) is 8.68. The van der Waals surface area contributed by atoms with Crippen LogP contribution in [0.5, 0.6) is 5.75 Å². The van der Waals surface area contributed by atoms with Crippen LogP contribution in [0.15, 0.2) is 59.0 Å². The van der Waals surface area contributed by atoms with Gasteiger partial charge in [0.25, 0.3) is 0 Å². The topological polar surface area (TPSA) is 35.3 Å². The first-order valence-electron chi connectivity index (χ1n) is 8.68. The van der Waals surface area contributed by atoms with Gasteiger partial charge < -0.3 is 9.15 Å². The minimum Gasteiger partial charge on any atom is -0.496 e. The lowest BCUT2D eigenvalue weighted by Gasteiger charge is -2.11. The number of hydrogen-bond donors (Lipinski definition) is 0. The van der Waals surface area contributed by atoms with Crippen molar-refractivity contribution in [3.05, 3.63) is 71.3 Å². The summed E-state index contributed by atoms with van der Waals surface area (Å²) in [7, 11) is 1.71. The van der Waals surface area contributed by atoms with Crippen LogP contribution in [0.3, 0.4) is 0 Å². The first-order chi connectivity index (χ1) is 12.5. The van der Waals surface area contributed by atoms with Gasteiger partial charge in [0.1, 0.15) is 11.3 Å². The quantitative estimate of drug-likeness (QED) is 0.451. The second-order valence-electron chi connectivity index (χ2n) is 6.71. The van der Waals surface area contributed by atoms with E-state index in [0.29, 0.717) is 5.89 Å². The SMILES string of the molecule is COc1c(C)cc(-c2ccc3nc(-c4cccc(C)c4)oc3c2)cc1C. The molecule has 0 radical (unpaired) electrons. The molecule has 0 atom stereocenters. The summed E-state index contributed by atoms with van der Waals surface area (Å²) in [4.78, 5) is 4.63. The predicted molar refractivity (Wildman–Crippen MR) is 106 cm³/mol. The molecule has 0 saturated heterocycles. The molecule has 26 heavy (non-hydrogen) atoms. The van der Waals surface area contributed by atoms with E-state index in [9.17, 15) is 0 Å². The van der Waals surface area contributed by atoms with E-state index < -0.39 is 0 Å². The number of rotatable bonds is 3. The molecule has 0 fully saturated rings. The van der Waals surface area contributed by atoms with E-state index in [-0.39, 0.29) is 0 Å². The van der Waals surface area contributed by atoms with Crippen LogP contribution in [0.2, 0.25) is 0 Å². The molecule has 4 aromatic rings. The fraction of sp³-hybridized carbons (Fsp3) is 0.174. The third-order valence-electron chi connectivity index (χ3n) is 4.65. The van der Waals surface area contributed by atoms with Crippen molar-refractivity contribution in [1.82, 2.24) is 4.98 Å². The Bertz CT molecular complexity index is 1090. The molecule has 0 spiro atoms. The Morgan fingerprint density at radius 2 is 1.58 bits per heavy atom. The Balaban J connectivity index is 1.79. The number of methoxy groups -OCH3 is 1. The molecule has 3 heteroatoms. The summed E-state index contributed by atoms with van der Waals surface area (Å²) in [6.07, 6.45) is 0. The van der Waals surface area contributed by atoms with E-state index in [4.69, 9.17) is 9.15 Å². The first kappa shape index (κ1) is 16.4.